The number of ether oxygens (including phenoxy) is 3. The van der Waals surface area contributed by atoms with Gasteiger partial charge in [0.15, 0.2) is 11.5 Å². The van der Waals surface area contributed by atoms with Crippen molar-refractivity contribution in [2.45, 2.75) is 0 Å². The van der Waals surface area contributed by atoms with Gasteiger partial charge in [0, 0.05) is 11.1 Å². The predicted molar refractivity (Wildman–Crippen MR) is 100.0 cm³/mol. The van der Waals surface area contributed by atoms with Crippen molar-refractivity contribution in [3.63, 3.8) is 0 Å². The van der Waals surface area contributed by atoms with Crippen molar-refractivity contribution in [2.75, 3.05) is 21.3 Å². The highest BCUT2D eigenvalue weighted by Gasteiger charge is 2.26. The fraction of sp³-hybridized carbons (Fsp3) is 0.150. The summed E-state index contributed by atoms with van der Waals surface area (Å²) in [6.07, 6.45) is 1.52. The maximum absolute atomic E-state index is 11.2. The van der Waals surface area contributed by atoms with Crippen LogP contribution in [0.25, 0.3) is 22.8 Å². The maximum Gasteiger partial charge on any atom is 0.335 e. The van der Waals surface area contributed by atoms with Crippen LogP contribution in [0, 0.1) is 0 Å². The zero-order valence-electron chi connectivity index (χ0n) is 14.8. The molecule has 0 aliphatic heterocycles. The minimum atomic E-state index is -1.11. The molecule has 2 rings (SSSR count). The van der Waals surface area contributed by atoms with Gasteiger partial charge in [-0.05, 0) is 17.2 Å². The number of hydrogen-bond donors (Lipinski definition) is 2. The first-order valence-corrected chi connectivity index (χ1v) is 7.61. The molecule has 2 N–H and O–H groups in total. The third-order valence-electron chi connectivity index (χ3n) is 3.95. The van der Waals surface area contributed by atoms with Gasteiger partial charge in [0.05, 0.1) is 26.9 Å². The third kappa shape index (κ3) is 3.09. The molecular weight excluding hydrogens is 336 g/mol. The van der Waals surface area contributed by atoms with Crippen molar-refractivity contribution in [3.8, 4) is 34.1 Å². The van der Waals surface area contributed by atoms with Crippen molar-refractivity contribution >= 4 is 17.6 Å². The van der Waals surface area contributed by atoms with Crippen LogP contribution in [0.5, 0.6) is 23.0 Å². The molecule has 136 valence electrons. The number of rotatable bonds is 7. The number of carboxylic acid groups (broad SMARTS) is 1. The van der Waals surface area contributed by atoms with Gasteiger partial charge in [-0.3, -0.25) is 0 Å². The van der Waals surface area contributed by atoms with Gasteiger partial charge in [0.2, 0.25) is 11.5 Å². The number of aliphatic carboxylic acids is 1. The Morgan fingerprint density at radius 2 is 1.69 bits per heavy atom. The van der Waals surface area contributed by atoms with Gasteiger partial charge in [-0.15, -0.1) is 0 Å². The van der Waals surface area contributed by atoms with E-state index in [0.29, 0.717) is 22.3 Å². The Balaban J connectivity index is 2.88. The summed E-state index contributed by atoms with van der Waals surface area (Å²) in [6, 6.07) is 6.79. The molecule has 0 spiro atoms. The zero-order chi connectivity index (χ0) is 19.4. The summed E-state index contributed by atoms with van der Waals surface area (Å²) >= 11 is 0. The van der Waals surface area contributed by atoms with Crippen molar-refractivity contribution in [2.24, 2.45) is 0 Å². The molecule has 6 heteroatoms. The molecule has 2 aromatic rings. The zero-order valence-corrected chi connectivity index (χ0v) is 14.8. The lowest BCUT2D eigenvalue weighted by atomic mass is 9.93. The van der Waals surface area contributed by atoms with Crippen molar-refractivity contribution < 1.29 is 29.2 Å². The van der Waals surface area contributed by atoms with E-state index < -0.39 is 5.97 Å². The first kappa shape index (κ1) is 18.9. The second kappa shape index (κ2) is 7.65. The molecule has 0 aliphatic carbocycles. The molecule has 26 heavy (non-hydrogen) atoms. The monoisotopic (exact) mass is 356 g/mol. The number of methoxy groups -OCH3 is 3. The Bertz CT molecular complexity index is 882. The Kier molecular flexibility index (Phi) is 5.57. The Morgan fingerprint density at radius 1 is 1.08 bits per heavy atom. The smallest absolute Gasteiger partial charge is 0.335 e. The number of phenolic OH excluding ortho intramolecular Hbond substituents is 1. The molecule has 0 radical (unpaired) electrons. The van der Waals surface area contributed by atoms with Crippen LogP contribution < -0.4 is 14.2 Å². The highest BCUT2D eigenvalue weighted by Crippen LogP contribution is 2.53. The first-order chi connectivity index (χ1) is 12.4. The largest absolute Gasteiger partial charge is 0.502 e. The molecule has 0 saturated carbocycles. The van der Waals surface area contributed by atoms with Crippen molar-refractivity contribution in [3.05, 3.63) is 48.6 Å². The van der Waals surface area contributed by atoms with E-state index in [9.17, 15) is 15.0 Å². The number of phenols is 1. The molecule has 0 aromatic heterocycles. The van der Waals surface area contributed by atoms with E-state index in [1.54, 1.807) is 24.3 Å². The molecule has 0 bridgehead atoms. The van der Waals surface area contributed by atoms with Crippen LogP contribution >= 0.6 is 0 Å². The number of aromatic hydroxyl groups is 1. The Hall–Kier alpha value is -3.41. The number of carboxylic acids is 1. The van der Waals surface area contributed by atoms with Crippen LogP contribution in [-0.4, -0.2) is 37.5 Å². The molecule has 6 nitrogen and oxygen atoms in total. The molecule has 0 unspecified atom stereocenters. The predicted octanol–water partition coefficient (Wildman–Crippen LogP) is 3.83. The minimum Gasteiger partial charge on any atom is -0.502 e. The molecule has 0 amide bonds. The van der Waals surface area contributed by atoms with E-state index in [-0.39, 0.29) is 28.6 Å². The van der Waals surface area contributed by atoms with Gasteiger partial charge in [-0.1, -0.05) is 37.4 Å². The van der Waals surface area contributed by atoms with Crippen LogP contribution in [-0.2, 0) is 4.79 Å². The van der Waals surface area contributed by atoms with E-state index in [4.69, 9.17) is 14.2 Å². The summed E-state index contributed by atoms with van der Waals surface area (Å²) in [7, 11) is 4.26. The molecule has 0 heterocycles. The Labute approximate surface area is 151 Å². The topological polar surface area (TPSA) is 85.2 Å². The lowest BCUT2D eigenvalue weighted by Crippen LogP contribution is -2.01. The van der Waals surface area contributed by atoms with Crippen LogP contribution in [0.3, 0.4) is 0 Å². The fourth-order valence-electron chi connectivity index (χ4n) is 2.75. The lowest BCUT2D eigenvalue weighted by Gasteiger charge is -2.20. The lowest BCUT2D eigenvalue weighted by molar-refractivity contribution is -0.130. The molecule has 0 fully saturated rings. The number of benzene rings is 2. The molecule has 0 saturated heterocycles. The second-order valence-corrected chi connectivity index (χ2v) is 5.31. The van der Waals surface area contributed by atoms with Gasteiger partial charge in [-0.25, -0.2) is 4.79 Å². The minimum absolute atomic E-state index is 0.0383. The van der Waals surface area contributed by atoms with Gasteiger partial charge in [0.25, 0.3) is 0 Å². The van der Waals surface area contributed by atoms with E-state index in [1.807, 2.05) is 0 Å². The van der Waals surface area contributed by atoms with Crippen LogP contribution in [0.1, 0.15) is 11.1 Å². The summed E-state index contributed by atoms with van der Waals surface area (Å²) in [5.74, 6) is -0.767. The molecule has 0 aliphatic rings. The standard InChI is InChI=1S/C20H20O6/c1-6-14-15(13-9-7-8-12(10-13)11(2)20(22)23)18(25-4)19(26-5)16(21)17(14)24-3/h6-10,21H,1-2H2,3-5H3,(H,22,23). The number of hydrogen-bond acceptors (Lipinski definition) is 5. The van der Waals surface area contributed by atoms with E-state index in [1.165, 1.54) is 27.4 Å². The van der Waals surface area contributed by atoms with Crippen LogP contribution in [0.2, 0.25) is 0 Å². The molecule has 2 aromatic carbocycles. The van der Waals surface area contributed by atoms with Gasteiger partial charge >= 0.3 is 5.97 Å². The summed E-state index contributed by atoms with van der Waals surface area (Å²) in [5.41, 5.74) is 2.07. The average Bonchev–Trinajstić information content (AvgIpc) is 2.65. The van der Waals surface area contributed by atoms with Gasteiger partial charge in [-0.2, -0.15) is 0 Å². The highest BCUT2D eigenvalue weighted by molar-refractivity contribution is 6.14. The van der Waals surface area contributed by atoms with Crippen LogP contribution in [0.15, 0.2) is 37.4 Å². The van der Waals surface area contributed by atoms with E-state index in [2.05, 4.69) is 13.2 Å². The van der Waals surface area contributed by atoms with Gasteiger partial charge < -0.3 is 24.4 Å². The van der Waals surface area contributed by atoms with Crippen molar-refractivity contribution in [1.82, 2.24) is 0 Å². The van der Waals surface area contributed by atoms with Gasteiger partial charge in [0.1, 0.15) is 0 Å². The maximum atomic E-state index is 11.2. The molecular formula is C20H20O6. The van der Waals surface area contributed by atoms with E-state index >= 15 is 0 Å². The fourth-order valence-corrected chi connectivity index (χ4v) is 2.75. The Morgan fingerprint density at radius 3 is 2.19 bits per heavy atom. The van der Waals surface area contributed by atoms with Crippen molar-refractivity contribution in [1.29, 1.82) is 0 Å². The summed E-state index contributed by atoms with van der Waals surface area (Å²) < 4.78 is 16.1. The van der Waals surface area contributed by atoms with E-state index in [0.717, 1.165) is 0 Å². The normalized spacial score (nSPS) is 10.1. The third-order valence-corrected chi connectivity index (χ3v) is 3.95. The summed E-state index contributed by atoms with van der Waals surface area (Å²) in [5, 5.41) is 19.6. The number of carbonyl (C=O) groups is 1. The quantitative estimate of drug-likeness (QED) is 0.734. The summed E-state index contributed by atoms with van der Waals surface area (Å²) in [6.45, 7) is 7.37. The van der Waals surface area contributed by atoms with Crippen LogP contribution in [0.4, 0.5) is 0 Å². The highest BCUT2D eigenvalue weighted by atomic mass is 16.5. The SMILES string of the molecule is C=Cc1c(OC)c(O)c(OC)c(OC)c1-c1cccc(C(=C)C(=O)O)c1. The second-order valence-electron chi connectivity index (χ2n) is 5.31. The summed E-state index contributed by atoms with van der Waals surface area (Å²) in [4.78, 5) is 11.2. The average molecular weight is 356 g/mol. The molecule has 0 atom stereocenters. The first-order valence-electron chi connectivity index (χ1n) is 7.61.